The van der Waals surface area contributed by atoms with Crippen molar-refractivity contribution in [2.24, 2.45) is 0 Å². The van der Waals surface area contributed by atoms with Crippen LogP contribution in [0.1, 0.15) is 12.8 Å². The predicted molar refractivity (Wildman–Crippen MR) is 22.3 cm³/mol. The normalized spacial score (nSPS) is 8.40. The lowest BCUT2D eigenvalue weighted by Crippen LogP contribution is -2.49. The van der Waals surface area contributed by atoms with Crippen LogP contribution in [0.5, 0.6) is 0 Å². The second-order valence-corrected chi connectivity index (χ2v) is 1.06. The summed E-state index contributed by atoms with van der Waals surface area (Å²) >= 11 is 0. The van der Waals surface area contributed by atoms with Crippen molar-refractivity contribution in [2.45, 2.75) is 12.8 Å². The largest absolute Gasteiger partial charge is 0.358 e. The molecule has 0 atom stereocenters. The summed E-state index contributed by atoms with van der Waals surface area (Å²) in [6.07, 6.45) is 2.20. The van der Waals surface area contributed by atoms with E-state index in [1.807, 2.05) is 0 Å². The van der Waals surface area contributed by atoms with E-state index in [1.165, 1.54) is 6.42 Å². The molecule has 0 spiro atoms. The van der Waals surface area contributed by atoms with Gasteiger partial charge in [0.1, 0.15) is 0 Å². The molecule has 0 aliphatic rings. The van der Waals surface area contributed by atoms with Crippen LogP contribution in [-0.2, 0) is 0 Å². The van der Waals surface area contributed by atoms with Crippen LogP contribution in [0.2, 0.25) is 0 Å². The van der Waals surface area contributed by atoms with E-state index in [9.17, 15) is 0 Å². The summed E-state index contributed by atoms with van der Waals surface area (Å²) < 4.78 is 0. The highest BCUT2D eigenvalue weighted by Gasteiger charge is 1.65. The van der Waals surface area contributed by atoms with Gasteiger partial charge >= 0.3 is 0 Å². The van der Waals surface area contributed by atoms with Crippen LogP contribution in [0.3, 0.4) is 0 Å². The topological polar surface area (TPSA) is 27.6 Å². The molecule has 0 aliphatic heterocycles. The van der Waals surface area contributed by atoms with Gasteiger partial charge in [0, 0.05) is 0 Å². The molecular formula is C4H11N. The molecule has 0 fully saturated rings. The van der Waals surface area contributed by atoms with Crippen molar-refractivity contribution in [3.63, 3.8) is 0 Å². The quantitative estimate of drug-likeness (QED) is 0.440. The summed E-state index contributed by atoms with van der Waals surface area (Å²) in [7, 11) is 0. The van der Waals surface area contributed by atoms with Crippen molar-refractivity contribution in [3.05, 3.63) is 6.92 Å². The third-order valence-electron chi connectivity index (χ3n) is 0.500. The van der Waals surface area contributed by atoms with Crippen LogP contribution >= 0.6 is 0 Å². The van der Waals surface area contributed by atoms with Crippen molar-refractivity contribution >= 4 is 0 Å². The number of unbranched alkanes of at least 4 members (excludes halogenated alkanes) is 1. The van der Waals surface area contributed by atoms with Gasteiger partial charge in [0.15, 0.2) is 0 Å². The average molecular weight is 73.1 g/mol. The van der Waals surface area contributed by atoms with E-state index in [1.54, 1.807) is 0 Å². The second kappa shape index (κ2) is 3.96. The summed E-state index contributed by atoms with van der Waals surface area (Å²) in [5.74, 6) is 0. The fourth-order valence-corrected chi connectivity index (χ4v) is 0.177. The monoisotopic (exact) mass is 73.1 g/mol. The van der Waals surface area contributed by atoms with Crippen molar-refractivity contribution < 1.29 is 5.73 Å². The maximum Gasteiger partial charge on any atom is 0.0715 e. The van der Waals surface area contributed by atoms with Gasteiger partial charge in [-0.1, -0.05) is 0 Å². The molecule has 0 saturated carbocycles. The molecule has 0 aromatic carbocycles. The molecule has 0 heterocycles. The summed E-state index contributed by atoms with van der Waals surface area (Å²) in [5, 5.41) is 0. The molecule has 5 heavy (non-hydrogen) atoms. The Morgan fingerprint density at radius 2 is 2.20 bits per heavy atom. The van der Waals surface area contributed by atoms with Gasteiger partial charge in [-0.15, -0.1) is 0 Å². The lowest BCUT2D eigenvalue weighted by Gasteiger charge is -1.84. The van der Waals surface area contributed by atoms with E-state index in [4.69, 9.17) is 0 Å². The SMILES string of the molecule is [CH2-]CCC[NH3+]. The highest BCUT2D eigenvalue weighted by Crippen LogP contribution is 1.74. The highest BCUT2D eigenvalue weighted by molar-refractivity contribution is 4.34. The number of quaternary nitrogens is 1. The Hall–Kier alpha value is -0.0400. The zero-order chi connectivity index (χ0) is 4.12. The van der Waals surface area contributed by atoms with Crippen LogP contribution < -0.4 is 5.73 Å². The lowest BCUT2D eigenvalue weighted by molar-refractivity contribution is -0.368. The second-order valence-electron chi connectivity index (χ2n) is 1.06. The molecule has 32 valence electrons. The molecule has 3 N–H and O–H groups in total. The summed E-state index contributed by atoms with van der Waals surface area (Å²) in [5.41, 5.74) is 3.64. The van der Waals surface area contributed by atoms with E-state index in [0.29, 0.717) is 0 Å². The van der Waals surface area contributed by atoms with Gasteiger partial charge in [-0.3, -0.25) is 0 Å². The van der Waals surface area contributed by atoms with E-state index >= 15 is 0 Å². The zero-order valence-electron chi connectivity index (χ0n) is 3.54. The number of hydrogen-bond acceptors (Lipinski definition) is 0. The molecule has 1 heteroatoms. The molecule has 0 aromatic heterocycles. The fraction of sp³-hybridized carbons (Fsp3) is 0.750. The zero-order valence-corrected chi connectivity index (χ0v) is 3.54. The summed E-state index contributed by atoms with van der Waals surface area (Å²) in [6.45, 7) is 4.67. The molecule has 1 nitrogen and oxygen atoms in total. The number of rotatable bonds is 2. The maximum atomic E-state index is 3.64. The van der Waals surface area contributed by atoms with Crippen molar-refractivity contribution in [2.75, 3.05) is 6.54 Å². The Balaban J connectivity index is 2.19. The molecule has 0 amide bonds. The van der Waals surface area contributed by atoms with Crippen LogP contribution in [0.4, 0.5) is 0 Å². The first-order chi connectivity index (χ1) is 2.41. The highest BCUT2D eigenvalue weighted by atomic mass is 14.5. The van der Waals surface area contributed by atoms with E-state index < -0.39 is 0 Å². The Labute approximate surface area is 33.2 Å². The van der Waals surface area contributed by atoms with Crippen molar-refractivity contribution in [1.82, 2.24) is 0 Å². The molecule has 0 aliphatic carbocycles. The van der Waals surface area contributed by atoms with Gasteiger partial charge in [-0.2, -0.15) is 6.42 Å². The Morgan fingerprint density at radius 3 is 2.20 bits per heavy atom. The van der Waals surface area contributed by atoms with E-state index in [2.05, 4.69) is 12.7 Å². The molecule has 0 aromatic rings. The molecule has 0 bridgehead atoms. The van der Waals surface area contributed by atoms with Crippen LogP contribution in [0, 0.1) is 6.92 Å². The van der Waals surface area contributed by atoms with Crippen LogP contribution in [0.25, 0.3) is 0 Å². The fourth-order valence-electron chi connectivity index (χ4n) is 0.177. The van der Waals surface area contributed by atoms with Crippen molar-refractivity contribution in [1.29, 1.82) is 0 Å². The van der Waals surface area contributed by atoms with Gasteiger partial charge < -0.3 is 12.7 Å². The Morgan fingerprint density at radius 1 is 1.60 bits per heavy atom. The molecule has 0 saturated heterocycles. The summed E-state index contributed by atoms with van der Waals surface area (Å²) in [4.78, 5) is 0. The molecule has 0 radical (unpaired) electrons. The van der Waals surface area contributed by atoms with Gasteiger partial charge in [0.2, 0.25) is 0 Å². The first-order valence-electron chi connectivity index (χ1n) is 2.00. The molecule has 0 unspecified atom stereocenters. The third-order valence-corrected chi connectivity index (χ3v) is 0.500. The lowest BCUT2D eigenvalue weighted by atomic mass is 10.3. The minimum atomic E-state index is 1.03. The van der Waals surface area contributed by atoms with Gasteiger partial charge in [-0.25, -0.2) is 0 Å². The van der Waals surface area contributed by atoms with Crippen LogP contribution in [-0.4, -0.2) is 6.54 Å². The van der Waals surface area contributed by atoms with Gasteiger partial charge in [-0.05, 0) is 6.42 Å². The number of hydrogen-bond donors (Lipinski definition) is 1. The van der Waals surface area contributed by atoms with Crippen LogP contribution in [0.15, 0.2) is 0 Å². The van der Waals surface area contributed by atoms with Gasteiger partial charge in [0.05, 0.1) is 6.54 Å². The van der Waals surface area contributed by atoms with Gasteiger partial charge in [0.25, 0.3) is 0 Å². The first kappa shape index (κ1) is 4.96. The third kappa shape index (κ3) is 3.96. The summed E-state index contributed by atoms with van der Waals surface area (Å²) in [6, 6.07) is 0. The van der Waals surface area contributed by atoms with E-state index in [0.717, 1.165) is 13.0 Å². The first-order valence-corrected chi connectivity index (χ1v) is 2.00. The standard InChI is InChI=1S/C4H10N/c1-2-3-4-5/h1-5H2/q-1/p+1. The predicted octanol–water partition coefficient (Wildman–Crippen LogP) is -0.157. The Kier molecular flexibility index (Phi) is 3.93. The smallest absolute Gasteiger partial charge is 0.0715 e. The minimum Gasteiger partial charge on any atom is -0.358 e. The molecule has 0 rings (SSSR count). The van der Waals surface area contributed by atoms with E-state index in [-0.39, 0.29) is 0 Å². The average Bonchev–Trinajstić information content (AvgIpc) is 1.41. The van der Waals surface area contributed by atoms with Crippen molar-refractivity contribution in [3.8, 4) is 0 Å². The minimum absolute atomic E-state index is 1.03. The Bertz CT molecular complexity index is 11.1. The molecular weight excluding hydrogens is 62.1 g/mol. The maximum absolute atomic E-state index is 3.64.